The molecule has 1 aliphatic rings. The molecule has 224 valence electrons. The number of nitrogens with zero attached hydrogens (tertiary/aromatic N) is 3. The van der Waals surface area contributed by atoms with Gasteiger partial charge in [0.15, 0.2) is 0 Å². The molecule has 9 heteroatoms. The molecule has 0 bridgehead atoms. The molecule has 0 radical (unpaired) electrons. The molecule has 2 N–H and O–H groups in total. The van der Waals surface area contributed by atoms with Gasteiger partial charge in [-0.3, -0.25) is 18.9 Å². The van der Waals surface area contributed by atoms with Crippen molar-refractivity contribution >= 4 is 51.7 Å². The van der Waals surface area contributed by atoms with Gasteiger partial charge in [0.1, 0.15) is 15.8 Å². The zero-order valence-electron chi connectivity index (χ0n) is 24.7. The van der Waals surface area contributed by atoms with Gasteiger partial charge in [-0.15, -0.1) is 0 Å². The maximum absolute atomic E-state index is 13.7. The number of hydrogen-bond donors (Lipinski definition) is 2. The highest BCUT2D eigenvalue weighted by atomic mass is 32.2. The summed E-state index contributed by atoms with van der Waals surface area (Å²) in [5.74, 6) is 0.142. The summed E-state index contributed by atoms with van der Waals surface area (Å²) in [6, 6.07) is 13.0. The molecule has 0 saturated carbocycles. The van der Waals surface area contributed by atoms with Crippen LogP contribution >= 0.6 is 24.0 Å². The molecule has 1 saturated heterocycles. The molecule has 0 aliphatic carbocycles. The van der Waals surface area contributed by atoms with E-state index in [9.17, 15) is 14.7 Å². The van der Waals surface area contributed by atoms with Crippen LogP contribution in [0.25, 0.3) is 11.7 Å². The predicted molar refractivity (Wildman–Crippen MR) is 178 cm³/mol. The van der Waals surface area contributed by atoms with Crippen molar-refractivity contribution in [2.75, 3.05) is 18.4 Å². The van der Waals surface area contributed by atoms with Crippen LogP contribution < -0.4 is 10.9 Å². The summed E-state index contributed by atoms with van der Waals surface area (Å²) >= 11 is 6.78. The summed E-state index contributed by atoms with van der Waals surface area (Å²) in [5.41, 5.74) is 2.12. The highest BCUT2D eigenvalue weighted by Gasteiger charge is 2.32. The minimum absolute atomic E-state index is 0.152. The van der Waals surface area contributed by atoms with E-state index in [0.717, 1.165) is 24.0 Å². The van der Waals surface area contributed by atoms with Gasteiger partial charge in [-0.25, -0.2) is 4.98 Å². The second-order valence-electron chi connectivity index (χ2n) is 10.9. The maximum Gasteiger partial charge on any atom is 0.267 e. The standard InChI is InChI=1S/C33H42N4O3S2/c1-3-4-5-6-7-8-9-10-11-15-20-36-32(40)28(42-33(36)41)21-26-30(34-22-27(38)25-16-13-12-14-17-25)35-29-19-18-24(2)23-37(29)31(26)39/h12-14,16-19,21,23,27,34,38H,3-11,15,20,22H2,1-2H3. The van der Waals surface area contributed by atoms with Crippen molar-refractivity contribution in [1.29, 1.82) is 0 Å². The number of anilines is 1. The van der Waals surface area contributed by atoms with Crippen molar-refractivity contribution in [1.82, 2.24) is 14.3 Å². The molecule has 1 unspecified atom stereocenters. The lowest BCUT2D eigenvalue weighted by molar-refractivity contribution is -0.122. The van der Waals surface area contributed by atoms with Crippen molar-refractivity contribution in [3.8, 4) is 0 Å². The van der Waals surface area contributed by atoms with Crippen LogP contribution in [0, 0.1) is 6.92 Å². The van der Waals surface area contributed by atoms with Gasteiger partial charge in [-0.1, -0.05) is 125 Å². The van der Waals surface area contributed by atoms with Gasteiger partial charge >= 0.3 is 0 Å². The third-order valence-electron chi connectivity index (χ3n) is 7.54. The number of aromatic nitrogens is 2. The van der Waals surface area contributed by atoms with Crippen LogP contribution in [0.3, 0.4) is 0 Å². The van der Waals surface area contributed by atoms with Gasteiger partial charge < -0.3 is 10.4 Å². The molecule has 42 heavy (non-hydrogen) atoms. The number of nitrogens with one attached hydrogen (secondary N) is 1. The first kappa shape index (κ1) is 31.9. The molecule has 4 rings (SSSR count). The fraction of sp³-hybridized carbons (Fsp3) is 0.455. The van der Waals surface area contributed by atoms with E-state index in [0.29, 0.717) is 27.2 Å². The largest absolute Gasteiger partial charge is 0.387 e. The maximum atomic E-state index is 13.7. The molecule has 1 atom stereocenters. The van der Waals surface area contributed by atoms with E-state index in [2.05, 4.69) is 17.2 Å². The molecule has 1 fully saturated rings. The number of benzene rings is 1. The number of amides is 1. The number of rotatable bonds is 16. The number of aliphatic hydroxyl groups excluding tert-OH is 1. The van der Waals surface area contributed by atoms with Crippen LogP contribution in [0.2, 0.25) is 0 Å². The average Bonchev–Trinajstić information content (AvgIpc) is 3.26. The quantitative estimate of drug-likeness (QED) is 0.101. The molecule has 3 aromatic rings. The Morgan fingerprint density at radius 2 is 1.64 bits per heavy atom. The Labute approximate surface area is 258 Å². The topological polar surface area (TPSA) is 86.9 Å². The zero-order chi connectivity index (χ0) is 29.9. The summed E-state index contributed by atoms with van der Waals surface area (Å²) in [4.78, 5) is 33.8. The van der Waals surface area contributed by atoms with E-state index in [1.165, 1.54) is 67.5 Å². The number of thiocarbonyl (C=S) groups is 1. The van der Waals surface area contributed by atoms with Crippen LogP contribution in [0.1, 0.15) is 93.9 Å². The fourth-order valence-electron chi connectivity index (χ4n) is 5.09. The molecule has 7 nitrogen and oxygen atoms in total. The summed E-state index contributed by atoms with van der Waals surface area (Å²) in [5, 5.41) is 13.9. The molecule has 0 spiro atoms. The SMILES string of the molecule is CCCCCCCCCCCCN1C(=O)C(=Cc2c(NCC(O)c3ccccc3)nc3ccc(C)cn3c2=O)SC1=S. The number of fused-ring (bicyclic) bond motifs is 1. The summed E-state index contributed by atoms with van der Waals surface area (Å²) in [6.45, 7) is 4.89. The van der Waals surface area contributed by atoms with Gasteiger partial charge in [0.2, 0.25) is 0 Å². The minimum Gasteiger partial charge on any atom is -0.387 e. The van der Waals surface area contributed by atoms with E-state index in [1.54, 1.807) is 23.2 Å². The number of carbonyl (C=O) groups excluding carboxylic acids is 1. The first-order valence-electron chi connectivity index (χ1n) is 15.1. The predicted octanol–water partition coefficient (Wildman–Crippen LogP) is 7.27. The second kappa shape index (κ2) is 16.0. The highest BCUT2D eigenvalue weighted by Crippen LogP contribution is 2.33. The first-order valence-corrected chi connectivity index (χ1v) is 16.4. The Balaban J connectivity index is 1.44. The van der Waals surface area contributed by atoms with Crippen LogP contribution in [-0.4, -0.2) is 42.7 Å². The smallest absolute Gasteiger partial charge is 0.267 e. The van der Waals surface area contributed by atoms with Gasteiger partial charge in [-0.05, 0) is 36.6 Å². The number of unbranched alkanes of at least 4 members (excludes halogenated alkanes) is 9. The fourth-order valence-corrected chi connectivity index (χ4v) is 6.38. The lowest BCUT2D eigenvalue weighted by Crippen LogP contribution is -2.29. The summed E-state index contributed by atoms with van der Waals surface area (Å²) in [6.07, 6.45) is 14.8. The van der Waals surface area contributed by atoms with Crippen LogP contribution in [0.5, 0.6) is 0 Å². The Bertz CT molecular complexity index is 1450. The molecule has 1 aromatic carbocycles. The lowest BCUT2D eigenvalue weighted by atomic mass is 10.1. The minimum atomic E-state index is -0.795. The highest BCUT2D eigenvalue weighted by molar-refractivity contribution is 8.26. The normalized spacial score (nSPS) is 15.2. The van der Waals surface area contributed by atoms with E-state index >= 15 is 0 Å². The van der Waals surface area contributed by atoms with Crippen molar-refractivity contribution in [3.63, 3.8) is 0 Å². The lowest BCUT2D eigenvalue weighted by Gasteiger charge is -2.15. The van der Waals surface area contributed by atoms with Gasteiger partial charge in [-0.2, -0.15) is 0 Å². The third kappa shape index (κ3) is 8.52. The number of carbonyl (C=O) groups is 1. The number of thioether (sulfide) groups is 1. The molecule has 1 aliphatic heterocycles. The van der Waals surface area contributed by atoms with Gasteiger partial charge in [0, 0.05) is 19.3 Å². The monoisotopic (exact) mass is 606 g/mol. The number of pyridine rings is 1. The molecule has 1 amide bonds. The Hall–Kier alpha value is -3.01. The zero-order valence-corrected chi connectivity index (χ0v) is 26.3. The third-order valence-corrected chi connectivity index (χ3v) is 8.91. The van der Waals surface area contributed by atoms with Crippen molar-refractivity contribution in [2.45, 2.75) is 84.2 Å². The van der Waals surface area contributed by atoms with E-state index in [4.69, 9.17) is 12.2 Å². The number of aliphatic hydroxyl groups is 1. The average molecular weight is 607 g/mol. The first-order chi connectivity index (χ1) is 20.4. The van der Waals surface area contributed by atoms with Crippen LogP contribution in [0.15, 0.2) is 58.4 Å². The van der Waals surface area contributed by atoms with Gasteiger partial charge in [0.05, 0.1) is 16.6 Å². The van der Waals surface area contributed by atoms with Gasteiger partial charge in [0.25, 0.3) is 11.5 Å². The summed E-state index contributed by atoms with van der Waals surface area (Å²) in [7, 11) is 0. The van der Waals surface area contributed by atoms with Crippen molar-refractivity contribution in [3.05, 3.63) is 80.6 Å². The van der Waals surface area contributed by atoms with Crippen molar-refractivity contribution in [2.24, 2.45) is 0 Å². The van der Waals surface area contributed by atoms with E-state index < -0.39 is 6.10 Å². The molecular formula is C33H42N4O3S2. The number of aryl methyl sites for hydroxylation is 1. The Kier molecular flexibility index (Phi) is 12.2. The second-order valence-corrected chi connectivity index (χ2v) is 12.6. The van der Waals surface area contributed by atoms with E-state index in [-0.39, 0.29) is 23.6 Å². The number of hydrogen-bond acceptors (Lipinski definition) is 7. The molecule has 3 heterocycles. The Morgan fingerprint density at radius 3 is 2.33 bits per heavy atom. The molecular weight excluding hydrogens is 565 g/mol. The van der Waals surface area contributed by atoms with Crippen molar-refractivity contribution < 1.29 is 9.90 Å². The summed E-state index contributed by atoms with van der Waals surface area (Å²) < 4.78 is 2.01. The Morgan fingerprint density at radius 1 is 0.976 bits per heavy atom. The van der Waals surface area contributed by atoms with Crippen LogP contribution in [0.4, 0.5) is 5.82 Å². The van der Waals surface area contributed by atoms with E-state index in [1.807, 2.05) is 43.3 Å². The molecule has 2 aromatic heterocycles. The van der Waals surface area contributed by atoms with Crippen LogP contribution in [-0.2, 0) is 4.79 Å².